The van der Waals surface area contributed by atoms with Gasteiger partial charge in [0.25, 0.3) is 0 Å². The molecule has 2 aromatic rings. The van der Waals surface area contributed by atoms with Gasteiger partial charge in [-0.1, -0.05) is 0 Å². The van der Waals surface area contributed by atoms with Crippen molar-refractivity contribution in [1.82, 2.24) is 14.8 Å². The van der Waals surface area contributed by atoms with Crippen LogP contribution in [0.25, 0.3) is 0 Å². The Morgan fingerprint density at radius 3 is 2.94 bits per heavy atom. The highest BCUT2D eigenvalue weighted by Gasteiger charge is 2.13. The van der Waals surface area contributed by atoms with E-state index in [-0.39, 0.29) is 11.4 Å². The largest absolute Gasteiger partial charge is 0.478 e. The molecule has 88 valence electrons. The van der Waals surface area contributed by atoms with Crippen LogP contribution in [0.15, 0.2) is 24.5 Å². The lowest BCUT2D eigenvalue weighted by Crippen LogP contribution is -2.06. The molecule has 0 aliphatic rings. The average Bonchev–Trinajstić information content (AvgIpc) is 2.66. The molecule has 0 amide bonds. The van der Waals surface area contributed by atoms with Gasteiger partial charge in [0.2, 0.25) is 0 Å². The SMILES string of the molecule is Cn1ccc(Nc2ncc(F)cc2C(=O)O)n1. The maximum Gasteiger partial charge on any atom is 0.339 e. The van der Waals surface area contributed by atoms with E-state index in [1.807, 2.05) is 0 Å². The summed E-state index contributed by atoms with van der Waals surface area (Å²) in [5.74, 6) is -1.46. The maximum absolute atomic E-state index is 12.9. The highest BCUT2D eigenvalue weighted by molar-refractivity contribution is 5.93. The summed E-state index contributed by atoms with van der Waals surface area (Å²) in [4.78, 5) is 14.6. The van der Waals surface area contributed by atoms with Gasteiger partial charge in [0.15, 0.2) is 5.82 Å². The molecule has 0 bridgehead atoms. The molecular weight excluding hydrogens is 227 g/mol. The summed E-state index contributed by atoms with van der Waals surface area (Å²) in [7, 11) is 1.72. The fourth-order valence-electron chi connectivity index (χ4n) is 1.30. The molecule has 0 atom stereocenters. The maximum atomic E-state index is 12.9. The van der Waals surface area contributed by atoms with Crippen molar-refractivity contribution in [3.8, 4) is 0 Å². The zero-order valence-electron chi connectivity index (χ0n) is 8.88. The van der Waals surface area contributed by atoms with Crippen LogP contribution in [0, 0.1) is 5.82 Å². The summed E-state index contributed by atoms with van der Waals surface area (Å²) in [5.41, 5.74) is -0.240. The quantitative estimate of drug-likeness (QED) is 0.841. The second-order valence-electron chi connectivity index (χ2n) is 3.35. The third kappa shape index (κ3) is 2.39. The van der Waals surface area contributed by atoms with Crippen molar-refractivity contribution in [2.75, 3.05) is 5.32 Å². The summed E-state index contributed by atoms with van der Waals surface area (Å²) in [6.45, 7) is 0. The van der Waals surface area contributed by atoms with Gasteiger partial charge in [0.05, 0.1) is 6.20 Å². The molecule has 0 saturated carbocycles. The average molecular weight is 236 g/mol. The Morgan fingerprint density at radius 1 is 1.59 bits per heavy atom. The molecule has 2 N–H and O–H groups in total. The first kappa shape index (κ1) is 11.1. The van der Waals surface area contributed by atoms with Crippen molar-refractivity contribution < 1.29 is 14.3 Å². The summed E-state index contributed by atoms with van der Waals surface area (Å²) >= 11 is 0. The summed E-state index contributed by atoms with van der Waals surface area (Å²) in [5, 5.41) is 15.6. The van der Waals surface area contributed by atoms with Crippen LogP contribution in [-0.2, 0) is 7.05 Å². The first-order chi connectivity index (χ1) is 8.06. The van der Waals surface area contributed by atoms with E-state index in [1.165, 1.54) is 0 Å². The second kappa shape index (κ2) is 4.20. The van der Waals surface area contributed by atoms with Gasteiger partial charge in [-0.3, -0.25) is 4.68 Å². The van der Waals surface area contributed by atoms with Crippen LogP contribution in [0.3, 0.4) is 0 Å². The number of carbonyl (C=O) groups is 1. The summed E-state index contributed by atoms with van der Waals surface area (Å²) in [6.07, 6.45) is 2.63. The van der Waals surface area contributed by atoms with Crippen LogP contribution < -0.4 is 5.32 Å². The molecule has 0 radical (unpaired) electrons. The van der Waals surface area contributed by atoms with Crippen molar-refractivity contribution in [2.45, 2.75) is 0 Å². The Bertz CT molecular complexity index is 567. The molecule has 0 aliphatic heterocycles. The molecule has 2 heterocycles. The number of pyridine rings is 1. The number of carboxylic acids is 1. The number of hydrogen-bond acceptors (Lipinski definition) is 4. The molecule has 0 fully saturated rings. The molecule has 7 heteroatoms. The fourth-order valence-corrected chi connectivity index (χ4v) is 1.30. The van der Waals surface area contributed by atoms with E-state index in [0.29, 0.717) is 5.82 Å². The number of aromatic carboxylic acids is 1. The van der Waals surface area contributed by atoms with Gasteiger partial charge in [-0.05, 0) is 6.07 Å². The van der Waals surface area contributed by atoms with Crippen LogP contribution in [0.2, 0.25) is 0 Å². The van der Waals surface area contributed by atoms with E-state index in [2.05, 4.69) is 15.4 Å². The third-order valence-electron chi connectivity index (χ3n) is 2.04. The Balaban J connectivity index is 2.35. The molecule has 2 rings (SSSR count). The van der Waals surface area contributed by atoms with E-state index in [1.54, 1.807) is 24.0 Å². The zero-order chi connectivity index (χ0) is 12.4. The number of nitrogens with zero attached hydrogens (tertiary/aromatic N) is 3. The minimum absolute atomic E-state index is 0.0533. The number of anilines is 2. The van der Waals surface area contributed by atoms with Gasteiger partial charge < -0.3 is 10.4 Å². The first-order valence-corrected chi connectivity index (χ1v) is 4.72. The molecule has 6 nitrogen and oxygen atoms in total. The van der Waals surface area contributed by atoms with Crippen LogP contribution >= 0.6 is 0 Å². The van der Waals surface area contributed by atoms with E-state index >= 15 is 0 Å². The number of aromatic nitrogens is 3. The Labute approximate surface area is 95.7 Å². The summed E-state index contributed by atoms with van der Waals surface area (Å²) < 4.78 is 14.4. The second-order valence-corrected chi connectivity index (χ2v) is 3.35. The molecule has 0 unspecified atom stereocenters. The van der Waals surface area contributed by atoms with Gasteiger partial charge >= 0.3 is 5.97 Å². The van der Waals surface area contributed by atoms with Crippen molar-refractivity contribution in [3.63, 3.8) is 0 Å². The van der Waals surface area contributed by atoms with Crippen LogP contribution in [0.1, 0.15) is 10.4 Å². The van der Waals surface area contributed by atoms with Crippen molar-refractivity contribution in [1.29, 1.82) is 0 Å². The predicted molar refractivity (Wildman–Crippen MR) is 57.6 cm³/mol. The normalized spacial score (nSPS) is 10.2. The first-order valence-electron chi connectivity index (χ1n) is 4.72. The number of carboxylic acid groups (broad SMARTS) is 1. The van der Waals surface area contributed by atoms with Crippen LogP contribution in [0.4, 0.5) is 16.0 Å². The fraction of sp³-hybridized carbons (Fsp3) is 0.100. The highest BCUT2D eigenvalue weighted by atomic mass is 19.1. The van der Waals surface area contributed by atoms with E-state index in [0.717, 1.165) is 12.3 Å². The minimum atomic E-state index is -1.25. The third-order valence-corrected chi connectivity index (χ3v) is 2.04. The monoisotopic (exact) mass is 236 g/mol. The van der Waals surface area contributed by atoms with E-state index < -0.39 is 11.8 Å². The Hall–Kier alpha value is -2.44. The van der Waals surface area contributed by atoms with Crippen molar-refractivity contribution >= 4 is 17.6 Å². The lowest BCUT2D eigenvalue weighted by molar-refractivity contribution is 0.0697. The van der Waals surface area contributed by atoms with Gasteiger partial charge in [-0.25, -0.2) is 14.2 Å². The molecule has 0 saturated heterocycles. The topological polar surface area (TPSA) is 80.0 Å². The number of hydrogen-bond donors (Lipinski definition) is 2. The van der Waals surface area contributed by atoms with Gasteiger partial charge in [-0.15, -0.1) is 0 Å². The molecule has 0 spiro atoms. The van der Waals surface area contributed by atoms with Crippen LogP contribution in [-0.4, -0.2) is 25.8 Å². The van der Waals surface area contributed by atoms with Gasteiger partial charge in [0.1, 0.15) is 17.2 Å². The highest BCUT2D eigenvalue weighted by Crippen LogP contribution is 2.17. The standard InChI is InChI=1S/C10H9FN4O2/c1-15-3-2-8(14-15)13-9-7(10(16)17)4-6(11)5-12-9/h2-5H,1H3,(H,16,17)(H,12,13,14). The van der Waals surface area contributed by atoms with E-state index in [4.69, 9.17) is 5.11 Å². The zero-order valence-corrected chi connectivity index (χ0v) is 8.88. The lowest BCUT2D eigenvalue weighted by Gasteiger charge is -2.05. The Morgan fingerprint density at radius 2 is 2.35 bits per heavy atom. The molecule has 2 aromatic heterocycles. The molecule has 17 heavy (non-hydrogen) atoms. The number of rotatable bonds is 3. The van der Waals surface area contributed by atoms with Gasteiger partial charge in [-0.2, -0.15) is 5.10 Å². The molecule has 0 aromatic carbocycles. The lowest BCUT2D eigenvalue weighted by atomic mass is 10.2. The van der Waals surface area contributed by atoms with Crippen molar-refractivity contribution in [2.24, 2.45) is 7.05 Å². The number of nitrogens with one attached hydrogen (secondary N) is 1. The Kier molecular flexibility index (Phi) is 2.73. The van der Waals surface area contributed by atoms with E-state index in [9.17, 15) is 9.18 Å². The summed E-state index contributed by atoms with van der Waals surface area (Å²) in [6, 6.07) is 2.55. The smallest absolute Gasteiger partial charge is 0.339 e. The molecular formula is C10H9FN4O2. The number of halogens is 1. The molecule has 0 aliphatic carbocycles. The van der Waals surface area contributed by atoms with Crippen LogP contribution in [0.5, 0.6) is 0 Å². The van der Waals surface area contributed by atoms with Crippen molar-refractivity contribution in [3.05, 3.63) is 35.9 Å². The minimum Gasteiger partial charge on any atom is -0.478 e. The van der Waals surface area contributed by atoms with Gasteiger partial charge in [0, 0.05) is 19.3 Å². The predicted octanol–water partition coefficient (Wildman–Crippen LogP) is 1.40. The number of aryl methyl sites for hydroxylation is 1.